The SMILES string of the molecule is Nc1ccc(-c2nc3ccc(C4(c5ccccc5)CC4)nc3s2)c(CF)c1. The van der Waals surface area contributed by atoms with Crippen molar-refractivity contribution in [1.29, 1.82) is 0 Å². The molecule has 2 N–H and O–H groups in total. The second-order valence-corrected chi connectivity index (χ2v) is 8.02. The van der Waals surface area contributed by atoms with E-state index in [1.165, 1.54) is 16.9 Å². The Labute approximate surface area is 160 Å². The molecule has 2 aromatic heterocycles. The summed E-state index contributed by atoms with van der Waals surface area (Å²) in [7, 11) is 0. The zero-order valence-electron chi connectivity index (χ0n) is 14.7. The largest absolute Gasteiger partial charge is 0.399 e. The number of fused-ring (bicyclic) bond motifs is 1. The first-order valence-electron chi connectivity index (χ1n) is 8.98. The lowest BCUT2D eigenvalue weighted by Gasteiger charge is -2.14. The second kappa shape index (κ2) is 6.13. The van der Waals surface area contributed by atoms with Gasteiger partial charge in [0.25, 0.3) is 0 Å². The Morgan fingerprint density at radius 2 is 1.81 bits per heavy atom. The first-order valence-corrected chi connectivity index (χ1v) is 9.80. The molecule has 0 bridgehead atoms. The van der Waals surface area contributed by atoms with Crippen molar-refractivity contribution < 1.29 is 4.39 Å². The molecule has 0 atom stereocenters. The van der Waals surface area contributed by atoms with Crippen LogP contribution in [-0.2, 0) is 12.1 Å². The standard InChI is InChI=1S/C22H18FN3S/c23-13-14-12-16(24)6-7-17(14)20-25-18-8-9-19(26-21(18)27-20)22(10-11-22)15-4-2-1-3-5-15/h1-9,12H,10-11,13,24H2. The van der Waals surface area contributed by atoms with Gasteiger partial charge in [-0.3, -0.25) is 0 Å². The molecule has 27 heavy (non-hydrogen) atoms. The van der Waals surface area contributed by atoms with Crippen molar-refractivity contribution >= 4 is 27.4 Å². The monoisotopic (exact) mass is 375 g/mol. The lowest BCUT2D eigenvalue weighted by molar-refractivity contribution is 0.486. The Kier molecular flexibility index (Phi) is 3.72. The summed E-state index contributed by atoms with van der Waals surface area (Å²) < 4.78 is 13.4. The molecule has 0 aliphatic heterocycles. The average molecular weight is 375 g/mol. The van der Waals surface area contributed by atoms with E-state index in [0.29, 0.717) is 11.3 Å². The van der Waals surface area contributed by atoms with Gasteiger partial charge in [-0.1, -0.05) is 41.7 Å². The molecule has 1 aliphatic rings. The van der Waals surface area contributed by atoms with E-state index in [2.05, 4.69) is 35.3 Å². The van der Waals surface area contributed by atoms with Crippen molar-refractivity contribution in [3.05, 3.63) is 77.5 Å². The minimum Gasteiger partial charge on any atom is -0.399 e. The third-order valence-electron chi connectivity index (χ3n) is 5.33. The van der Waals surface area contributed by atoms with E-state index in [1.54, 1.807) is 12.1 Å². The van der Waals surface area contributed by atoms with E-state index >= 15 is 0 Å². The summed E-state index contributed by atoms with van der Waals surface area (Å²) in [5.41, 5.74) is 11.0. The van der Waals surface area contributed by atoms with Crippen LogP contribution in [0, 0.1) is 0 Å². The number of rotatable bonds is 4. The summed E-state index contributed by atoms with van der Waals surface area (Å²) in [5, 5.41) is 0.784. The zero-order chi connectivity index (χ0) is 18.4. The fourth-order valence-electron chi connectivity index (χ4n) is 3.71. The Bertz CT molecular complexity index is 1130. The van der Waals surface area contributed by atoms with Crippen LogP contribution in [0.2, 0.25) is 0 Å². The lowest BCUT2D eigenvalue weighted by atomic mass is 9.92. The van der Waals surface area contributed by atoms with Gasteiger partial charge in [-0.15, -0.1) is 0 Å². The van der Waals surface area contributed by atoms with Crippen molar-refractivity contribution in [2.75, 3.05) is 5.73 Å². The van der Waals surface area contributed by atoms with E-state index < -0.39 is 6.67 Å². The molecule has 134 valence electrons. The van der Waals surface area contributed by atoms with Crippen LogP contribution >= 0.6 is 11.3 Å². The van der Waals surface area contributed by atoms with Gasteiger partial charge in [-0.25, -0.2) is 14.4 Å². The third-order valence-corrected chi connectivity index (χ3v) is 6.32. The maximum absolute atomic E-state index is 13.4. The number of anilines is 1. The quantitative estimate of drug-likeness (QED) is 0.480. The number of hydrogen-bond donors (Lipinski definition) is 1. The third kappa shape index (κ3) is 2.70. The molecule has 0 unspecified atom stereocenters. The van der Waals surface area contributed by atoms with Crippen LogP contribution < -0.4 is 5.73 Å². The number of benzene rings is 2. The summed E-state index contributed by atoms with van der Waals surface area (Å²) in [5.74, 6) is 0. The Morgan fingerprint density at radius 1 is 1.00 bits per heavy atom. The van der Waals surface area contributed by atoms with Crippen molar-refractivity contribution in [3.63, 3.8) is 0 Å². The predicted octanol–water partition coefficient (Wildman–Crippen LogP) is 5.49. The molecule has 0 spiro atoms. The van der Waals surface area contributed by atoms with Crippen LogP contribution in [0.3, 0.4) is 0 Å². The molecule has 0 saturated heterocycles. The smallest absolute Gasteiger partial charge is 0.144 e. The maximum atomic E-state index is 13.4. The second-order valence-electron chi connectivity index (χ2n) is 7.04. The van der Waals surface area contributed by atoms with Crippen LogP contribution in [0.4, 0.5) is 10.1 Å². The van der Waals surface area contributed by atoms with E-state index in [-0.39, 0.29) is 5.41 Å². The van der Waals surface area contributed by atoms with Crippen molar-refractivity contribution in [2.24, 2.45) is 0 Å². The first kappa shape index (κ1) is 16.4. The highest BCUT2D eigenvalue weighted by atomic mass is 32.1. The fourth-order valence-corrected chi connectivity index (χ4v) is 4.71. The molecule has 1 saturated carbocycles. The molecule has 1 fully saturated rings. The average Bonchev–Trinajstić information content (AvgIpc) is 3.41. The number of nitrogens with two attached hydrogens (primary N) is 1. The number of thiazole rings is 1. The molecular formula is C22H18FN3S. The van der Waals surface area contributed by atoms with Gasteiger partial charge in [0.05, 0.1) is 5.69 Å². The number of hydrogen-bond acceptors (Lipinski definition) is 4. The molecular weight excluding hydrogens is 357 g/mol. The van der Waals surface area contributed by atoms with Gasteiger partial charge in [-0.05, 0) is 54.3 Å². The van der Waals surface area contributed by atoms with E-state index in [0.717, 1.165) is 39.5 Å². The molecule has 1 aliphatic carbocycles. The highest BCUT2D eigenvalue weighted by molar-refractivity contribution is 7.21. The first-order chi connectivity index (χ1) is 13.2. The van der Waals surface area contributed by atoms with Crippen molar-refractivity contribution in [1.82, 2.24) is 9.97 Å². The normalized spacial score (nSPS) is 15.1. The summed E-state index contributed by atoms with van der Waals surface area (Å²) in [6.45, 7) is -0.563. The summed E-state index contributed by atoms with van der Waals surface area (Å²) in [6.07, 6.45) is 2.23. The summed E-state index contributed by atoms with van der Waals surface area (Å²) >= 11 is 1.51. The number of halogens is 1. The topological polar surface area (TPSA) is 51.8 Å². The number of nitrogen functional groups attached to an aromatic ring is 1. The van der Waals surface area contributed by atoms with E-state index in [9.17, 15) is 4.39 Å². The van der Waals surface area contributed by atoms with Crippen LogP contribution in [0.15, 0.2) is 60.7 Å². The number of aromatic nitrogens is 2. The molecule has 5 heteroatoms. The minimum atomic E-state index is -0.563. The molecule has 2 aromatic carbocycles. The number of pyridine rings is 1. The predicted molar refractivity (Wildman–Crippen MR) is 109 cm³/mol. The van der Waals surface area contributed by atoms with Gasteiger partial charge in [-0.2, -0.15) is 0 Å². The van der Waals surface area contributed by atoms with Gasteiger partial charge in [0.2, 0.25) is 0 Å². The maximum Gasteiger partial charge on any atom is 0.144 e. The van der Waals surface area contributed by atoms with Crippen LogP contribution in [-0.4, -0.2) is 9.97 Å². The van der Waals surface area contributed by atoms with Gasteiger partial charge >= 0.3 is 0 Å². The van der Waals surface area contributed by atoms with Crippen LogP contribution in [0.5, 0.6) is 0 Å². The van der Waals surface area contributed by atoms with Crippen molar-refractivity contribution in [3.8, 4) is 10.6 Å². The van der Waals surface area contributed by atoms with Crippen molar-refractivity contribution in [2.45, 2.75) is 24.9 Å². The van der Waals surface area contributed by atoms with Crippen LogP contribution in [0.1, 0.15) is 29.7 Å². The van der Waals surface area contributed by atoms with Gasteiger partial charge in [0, 0.05) is 16.7 Å². The van der Waals surface area contributed by atoms with Gasteiger partial charge < -0.3 is 5.73 Å². The molecule has 0 amide bonds. The summed E-state index contributed by atoms with van der Waals surface area (Å²) in [4.78, 5) is 10.5. The Balaban J connectivity index is 1.59. The van der Waals surface area contributed by atoms with E-state index in [4.69, 9.17) is 10.7 Å². The highest BCUT2D eigenvalue weighted by Gasteiger charge is 2.47. The molecule has 4 aromatic rings. The number of alkyl halides is 1. The molecule has 5 rings (SSSR count). The summed E-state index contributed by atoms with van der Waals surface area (Å²) in [6, 6.07) is 20.0. The Morgan fingerprint density at radius 3 is 2.56 bits per heavy atom. The highest BCUT2D eigenvalue weighted by Crippen LogP contribution is 2.53. The van der Waals surface area contributed by atoms with Crippen LogP contribution in [0.25, 0.3) is 20.9 Å². The van der Waals surface area contributed by atoms with E-state index in [1.807, 2.05) is 18.2 Å². The fraction of sp³-hybridized carbons (Fsp3) is 0.182. The zero-order valence-corrected chi connectivity index (χ0v) is 15.5. The number of nitrogens with zero attached hydrogens (tertiary/aromatic N) is 2. The molecule has 2 heterocycles. The van der Waals surface area contributed by atoms with Gasteiger partial charge in [0.1, 0.15) is 22.0 Å². The Hall–Kier alpha value is -2.79. The molecule has 0 radical (unpaired) electrons. The van der Waals surface area contributed by atoms with Gasteiger partial charge in [0.15, 0.2) is 0 Å². The molecule has 3 nitrogen and oxygen atoms in total. The lowest BCUT2D eigenvalue weighted by Crippen LogP contribution is -2.10. The minimum absolute atomic E-state index is 0.0326.